The molecule has 1 unspecified atom stereocenters. The summed E-state index contributed by atoms with van der Waals surface area (Å²) in [7, 11) is 0. The molecule has 0 saturated heterocycles. The van der Waals surface area contributed by atoms with Gasteiger partial charge >= 0.3 is 0 Å². The summed E-state index contributed by atoms with van der Waals surface area (Å²) in [5.41, 5.74) is 1.25. The second-order valence-corrected chi connectivity index (χ2v) is 6.90. The van der Waals surface area contributed by atoms with Crippen LogP contribution in [0, 0.1) is 5.92 Å². The van der Waals surface area contributed by atoms with Crippen molar-refractivity contribution in [1.29, 1.82) is 0 Å². The lowest BCUT2D eigenvalue weighted by molar-refractivity contribution is 0.225. The molecule has 8 heteroatoms. The van der Waals surface area contributed by atoms with Crippen molar-refractivity contribution in [1.82, 2.24) is 29.6 Å². The molecule has 1 aliphatic rings. The summed E-state index contributed by atoms with van der Waals surface area (Å²) >= 11 is 1.71. The minimum Gasteiger partial charge on any atom is -0.354 e. The van der Waals surface area contributed by atoms with Gasteiger partial charge in [-0.2, -0.15) is 5.10 Å². The number of thiazole rings is 1. The van der Waals surface area contributed by atoms with E-state index in [-0.39, 0.29) is 0 Å². The first kappa shape index (κ1) is 15.2. The molecule has 1 N–H and O–H groups in total. The van der Waals surface area contributed by atoms with E-state index >= 15 is 0 Å². The van der Waals surface area contributed by atoms with Gasteiger partial charge in [0.15, 0.2) is 0 Å². The van der Waals surface area contributed by atoms with E-state index in [9.17, 15) is 0 Å². The number of aromatic nitrogens is 5. The fraction of sp³-hybridized carbons (Fsp3) is 0.375. The molecule has 7 nitrogen and oxygen atoms in total. The summed E-state index contributed by atoms with van der Waals surface area (Å²) in [6, 6.07) is 3.92. The molecule has 4 rings (SSSR count). The maximum absolute atomic E-state index is 4.47. The zero-order chi connectivity index (χ0) is 16.2. The molecular formula is C16H19N7S. The Hall–Kier alpha value is -2.32. The third-order valence-corrected chi connectivity index (χ3v) is 4.86. The van der Waals surface area contributed by atoms with Crippen LogP contribution in [0.3, 0.4) is 0 Å². The normalized spacial score (nSPS) is 18.1. The van der Waals surface area contributed by atoms with Gasteiger partial charge in [-0.15, -0.1) is 11.3 Å². The fourth-order valence-electron chi connectivity index (χ4n) is 3.02. The molecule has 0 aromatic carbocycles. The molecule has 0 radical (unpaired) electrons. The summed E-state index contributed by atoms with van der Waals surface area (Å²) in [4.78, 5) is 15.3. The van der Waals surface area contributed by atoms with Crippen LogP contribution >= 0.6 is 11.3 Å². The maximum Gasteiger partial charge on any atom is 0.222 e. The van der Waals surface area contributed by atoms with Gasteiger partial charge in [-0.1, -0.05) is 0 Å². The van der Waals surface area contributed by atoms with E-state index < -0.39 is 0 Å². The van der Waals surface area contributed by atoms with Crippen molar-refractivity contribution < 1.29 is 0 Å². The topological polar surface area (TPSA) is 71.8 Å². The van der Waals surface area contributed by atoms with E-state index in [0.717, 1.165) is 37.7 Å². The van der Waals surface area contributed by atoms with Crippen LogP contribution < -0.4 is 5.32 Å². The highest BCUT2D eigenvalue weighted by Crippen LogP contribution is 2.19. The molecule has 0 fully saturated rings. The fourth-order valence-corrected chi connectivity index (χ4v) is 3.68. The lowest BCUT2D eigenvalue weighted by Gasteiger charge is -2.23. The van der Waals surface area contributed by atoms with Gasteiger partial charge in [-0.25, -0.2) is 15.0 Å². The molecule has 1 atom stereocenters. The van der Waals surface area contributed by atoms with Gasteiger partial charge in [0, 0.05) is 62.3 Å². The van der Waals surface area contributed by atoms with Crippen LogP contribution in [-0.4, -0.2) is 42.7 Å². The molecule has 0 saturated carbocycles. The predicted octanol–water partition coefficient (Wildman–Crippen LogP) is 1.87. The van der Waals surface area contributed by atoms with Crippen LogP contribution in [0.4, 0.5) is 5.95 Å². The van der Waals surface area contributed by atoms with Gasteiger partial charge in [0.05, 0.1) is 12.2 Å². The molecule has 24 heavy (non-hydrogen) atoms. The number of hydrogen-bond donors (Lipinski definition) is 1. The van der Waals surface area contributed by atoms with Crippen molar-refractivity contribution in [2.75, 3.05) is 18.4 Å². The second kappa shape index (κ2) is 7.06. The average molecular weight is 341 g/mol. The minimum atomic E-state index is 0.426. The highest BCUT2D eigenvalue weighted by molar-refractivity contribution is 7.09. The van der Waals surface area contributed by atoms with Gasteiger partial charge < -0.3 is 5.32 Å². The van der Waals surface area contributed by atoms with Crippen molar-refractivity contribution in [3.05, 3.63) is 53.0 Å². The molecule has 1 aliphatic heterocycles. The van der Waals surface area contributed by atoms with E-state index in [1.165, 1.54) is 5.69 Å². The smallest absolute Gasteiger partial charge is 0.222 e. The van der Waals surface area contributed by atoms with Crippen LogP contribution in [0.2, 0.25) is 0 Å². The molecule has 0 amide bonds. The Morgan fingerprint density at radius 3 is 2.88 bits per heavy atom. The number of nitrogens with zero attached hydrogens (tertiary/aromatic N) is 6. The van der Waals surface area contributed by atoms with Crippen LogP contribution in [0.15, 0.2) is 42.3 Å². The van der Waals surface area contributed by atoms with Gasteiger partial charge in [0.1, 0.15) is 5.01 Å². The number of rotatable bonds is 5. The molecule has 0 bridgehead atoms. The Labute approximate surface area is 144 Å². The average Bonchev–Trinajstić information content (AvgIpc) is 3.23. The van der Waals surface area contributed by atoms with Crippen LogP contribution in [0.25, 0.3) is 0 Å². The van der Waals surface area contributed by atoms with Crippen LogP contribution in [0.1, 0.15) is 10.7 Å². The number of anilines is 1. The quantitative estimate of drug-likeness (QED) is 0.764. The summed E-state index contributed by atoms with van der Waals surface area (Å²) < 4.78 is 2.11. The van der Waals surface area contributed by atoms with Gasteiger partial charge in [0.2, 0.25) is 5.95 Å². The Bertz CT molecular complexity index is 756. The van der Waals surface area contributed by atoms with E-state index in [0.29, 0.717) is 11.9 Å². The highest BCUT2D eigenvalue weighted by atomic mass is 32.1. The third kappa shape index (κ3) is 3.60. The van der Waals surface area contributed by atoms with Crippen molar-refractivity contribution in [3.63, 3.8) is 0 Å². The predicted molar refractivity (Wildman–Crippen MR) is 92.5 cm³/mol. The van der Waals surface area contributed by atoms with Gasteiger partial charge in [-0.3, -0.25) is 9.58 Å². The molecule has 0 aliphatic carbocycles. The van der Waals surface area contributed by atoms with E-state index in [2.05, 4.69) is 41.0 Å². The molecule has 0 spiro atoms. The summed E-state index contributed by atoms with van der Waals surface area (Å²) in [5.74, 6) is 1.10. The van der Waals surface area contributed by atoms with Crippen LogP contribution in [-0.2, 0) is 19.6 Å². The maximum atomic E-state index is 4.47. The van der Waals surface area contributed by atoms with E-state index in [1.807, 2.05) is 23.8 Å². The van der Waals surface area contributed by atoms with Gasteiger partial charge in [0.25, 0.3) is 0 Å². The minimum absolute atomic E-state index is 0.426. The monoisotopic (exact) mass is 341 g/mol. The first-order valence-corrected chi connectivity index (χ1v) is 8.87. The van der Waals surface area contributed by atoms with Crippen molar-refractivity contribution in [3.8, 4) is 0 Å². The largest absolute Gasteiger partial charge is 0.354 e. The van der Waals surface area contributed by atoms with Crippen molar-refractivity contribution >= 4 is 17.3 Å². The standard InChI is InChI=1S/C16H19N7S/c1-3-18-16(19-4-1)20-8-13-9-22(12-15-17-6-7-24-15)11-14-2-5-21-23(14)10-13/h1-7,13H,8-12H2,(H,18,19,20). The number of nitrogens with one attached hydrogen (secondary N) is 1. The SMILES string of the molecule is c1cnc(NCC2CN(Cc3nccs3)Cc3ccnn3C2)nc1. The Morgan fingerprint density at radius 1 is 1.12 bits per heavy atom. The number of hydrogen-bond acceptors (Lipinski definition) is 7. The molecule has 3 aromatic rings. The van der Waals surface area contributed by atoms with E-state index in [4.69, 9.17) is 0 Å². The zero-order valence-corrected chi connectivity index (χ0v) is 14.1. The summed E-state index contributed by atoms with van der Waals surface area (Å²) in [6.07, 6.45) is 7.26. The Kier molecular flexibility index (Phi) is 4.48. The molecule has 4 heterocycles. The number of fused-ring (bicyclic) bond motifs is 1. The summed E-state index contributed by atoms with van der Waals surface area (Å²) in [6.45, 7) is 4.48. The first-order valence-electron chi connectivity index (χ1n) is 7.99. The first-order chi connectivity index (χ1) is 11.9. The van der Waals surface area contributed by atoms with E-state index in [1.54, 1.807) is 23.7 Å². The van der Waals surface area contributed by atoms with Crippen molar-refractivity contribution in [2.24, 2.45) is 5.92 Å². The molecule has 3 aromatic heterocycles. The molecule has 124 valence electrons. The second-order valence-electron chi connectivity index (χ2n) is 5.92. The lowest BCUT2D eigenvalue weighted by Crippen LogP contribution is -2.31. The van der Waals surface area contributed by atoms with Crippen molar-refractivity contribution in [2.45, 2.75) is 19.6 Å². The highest BCUT2D eigenvalue weighted by Gasteiger charge is 2.23. The van der Waals surface area contributed by atoms with Gasteiger partial charge in [-0.05, 0) is 12.1 Å². The summed E-state index contributed by atoms with van der Waals surface area (Å²) in [5, 5.41) is 11.0. The Balaban J connectivity index is 1.46. The Morgan fingerprint density at radius 2 is 2.04 bits per heavy atom. The lowest BCUT2D eigenvalue weighted by atomic mass is 10.1. The third-order valence-electron chi connectivity index (χ3n) is 4.09. The zero-order valence-electron chi connectivity index (χ0n) is 13.2. The van der Waals surface area contributed by atoms with Crippen LogP contribution in [0.5, 0.6) is 0 Å². The molecular weight excluding hydrogens is 322 g/mol.